The summed E-state index contributed by atoms with van der Waals surface area (Å²) in [5.74, 6) is -0.103. The molecule has 2 heterocycles. The maximum absolute atomic E-state index is 12.2. The summed E-state index contributed by atoms with van der Waals surface area (Å²) in [6, 6.07) is 6.66. The molecule has 0 saturated carbocycles. The van der Waals surface area contributed by atoms with Crippen LogP contribution in [0, 0.1) is 0 Å². The molecule has 0 aliphatic carbocycles. The summed E-state index contributed by atoms with van der Waals surface area (Å²) in [5.41, 5.74) is 1.10. The summed E-state index contributed by atoms with van der Waals surface area (Å²) < 4.78 is 2.07. The van der Waals surface area contributed by atoms with Crippen LogP contribution >= 0.6 is 46.3 Å². The predicted molar refractivity (Wildman–Crippen MR) is 101 cm³/mol. The van der Waals surface area contributed by atoms with E-state index in [1.165, 1.54) is 27.7 Å². The van der Waals surface area contributed by atoms with Gasteiger partial charge in [-0.3, -0.25) is 14.2 Å². The molecule has 0 aliphatic rings. The molecular weight excluding hydrogens is 389 g/mol. The van der Waals surface area contributed by atoms with Crippen LogP contribution in [0.15, 0.2) is 39.6 Å². The number of anilines is 1. The molecule has 124 valence electrons. The lowest BCUT2D eigenvalue weighted by Gasteiger charge is -2.08. The smallest absolute Gasteiger partial charge is 0.271 e. The Kier molecular flexibility index (Phi) is 5.15. The molecule has 9 heteroatoms. The molecule has 2 aromatic heterocycles. The van der Waals surface area contributed by atoms with Gasteiger partial charge in [-0.15, -0.1) is 11.3 Å². The number of thioether (sulfide) groups is 1. The number of nitrogens with one attached hydrogen (secondary N) is 1. The molecule has 3 rings (SSSR count). The number of rotatable bonds is 4. The van der Waals surface area contributed by atoms with Crippen LogP contribution in [-0.4, -0.2) is 21.2 Å². The molecule has 1 amide bonds. The molecule has 1 aromatic carbocycles. The molecule has 0 spiro atoms. The topological polar surface area (TPSA) is 64.0 Å². The Balaban J connectivity index is 1.71. The first-order valence-corrected chi connectivity index (χ1v) is 9.40. The van der Waals surface area contributed by atoms with E-state index < -0.39 is 0 Å². The molecule has 0 radical (unpaired) electrons. The van der Waals surface area contributed by atoms with Gasteiger partial charge in [0.1, 0.15) is 4.70 Å². The number of benzene rings is 1. The van der Waals surface area contributed by atoms with Crippen molar-refractivity contribution in [3.8, 4) is 0 Å². The number of carbonyl (C=O) groups is 1. The fourth-order valence-electron chi connectivity index (χ4n) is 2.00. The Bertz CT molecular complexity index is 984. The number of nitrogens with zero attached hydrogens (tertiary/aromatic N) is 2. The van der Waals surface area contributed by atoms with Crippen molar-refractivity contribution < 1.29 is 4.79 Å². The van der Waals surface area contributed by atoms with Gasteiger partial charge < -0.3 is 5.32 Å². The number of hydrogen-bond donors (Lipinski definition) is 1. The molecule has 3 aromatic rings. The van der Waals surface area contributed by atoms with Crippen molar-refractivity contribution in [2.45, 2.75) is 5.16 Å². The number of carbonyl (C=O) groups excluding carboxylic acids is 1. The fourth-order valence-corrected chi connectivity index (χ4v) is 3.87. The summed E-state index contributed by atoms with van der Waals surface area (Å²) in [6.45, 7) is 0. The lowest BCUT2D eigenvalue weighted by Crippen LogP contribution is -2.20. The second-order valence-electron chi connectivity index (χ2n) is 4.86. The van der Waals surface area contributed by atoms with Gasteiger partial charge in [-0.05, 0) is 29.6 Å². The maximum Gasteiger partial charge on any atom is 0.271 e. The van der Waals surface area contributed by atoms with Crippen LogP contribution in [0.1, 0.15) is 0 Å². The molecule has 1 N–H and O–H groups in total. The second kappa shape index (κ2) is 7.14. The van der Waals surface area contributed by atoms with Gasteiger partial charge in [0, 0.05) is 12.7 Å². The standard InChI is InChI=1S/C15H11Cl2N3O2S2/c1-20-14(22)13-11(4-5-23-13)19-15(20)24-7-12(21)18-8-2-3-9(16)10(17)6-8/h2-6H,7H2,1H3,(H,18,21). The van der Waals surface area contributed by atoms with E-state index in [9.17, 15) is 9.59 Å². The second-order valence-corrected chi connectivity index (χ2v) is 7.53. The van der Waals surface area contributed by atoms with E-state index in [0.29, 0.717) is 31.1 Å². The largest absolute Gasteiger partial charge is 0.325 e. The highest BCUT2D eigenvalue weighted by Gasteiger charge is 2.12. The normalized spacial score (nSPS) is 11.0. The van der Waals surface area contributed by atoms with Crippen LogP contribution in [0.4, 0.5) is 5.69 Å². The van der Waals surface area contributed by atoms with Gasteiger partial charge in [-0.25, -0.2) is 4.98 Å². The summed E-state index contributed by atoms with van der Waals surface area (Å²) >= 11 is 14.3. The molecule has 24 heavy (non-hydrogen) atoms. The Hall–Kier alpha value is -1.54. The molecule has 0 fully saturated rings. The van der Waals surface area contributed by atoms with Crippen LogP contribution in [-0.2, 0) is 11.8 Å². The highest BCUT2D eigenvalue weighted by molar-refractivity contribution is 7.99. The Morgan fingerprint density at radius 1 is 1.33 bits per heavy atom. The number of amides is 1. The molecule has 0 unspecified atom stereocenters. The highest BCUT2D eigenvalue weighted by atomic mass is 35.5. The Morgan fingerprint density at radius 2 is 2.12 bits per heavy atom. The first kappa shape index (κ1) is 17.3. The van der Waals surface area contributed by atoms with Gasteiger partial charge in [0.05, 0.1) is 21.3 Å². The third-order valence-corrected chi connectivity index (χ3v) is 5.84. The van der Waals surface area contributed by atoms with Gasteiger partial charge in [0.15, 0.2) is 5.16 Å². The number of hydrogen-bond acceptors (Lipinski definition) is 5. The molecule has 5 nitrogen and oxygen atoms in total. The van der Waals surface area contributed by atoms with E-state index in [1.54, 1.807) is 31.3 Å². The summed E-state index contributed by atoms with van der Waals surface area (Å²) in [4.78, 5) is 28.7. The number of aromatic nitrogens is 2. The third kappa shape index (κ3) is 3.59. The first-order valence-electron chi connectivity index (χ1n) is 6.77. The van der Waals surface area contributed by atoms with Crippen LogP contribution in [0.3, 0.4) is 0 Å². The van der Waals surface area contributed by atoms with E-state index in [1.807, 2.05) is 5.38 Å². The van der Waals surface area contributed by atoms with Crippen molar-refractivity contribution >= 4 is 68.1 Å². The van der Waals surface area contributed by atoms with Crippen molar-refractivity contribution in [3.05, 3.63) is 50.0 Å². The minimum atomic E-state index is -0.224. The van der Waals surface area contributed by atoms with Gasteiger partial charge >= 0.3 is 0 Å². The molecule has 0 aliphatic heterocycles. The van der Waals surface area contributed by atoms with Crippen molar-refractivity contribution in [2.24, 2.45) is 7.05 Å². The van der Waals surface area contributed by atoms with Crippen molar-refractivity contribution in [1.29, 1.82) is 0 Å². The summed E-state index contributed by atoms with van der Waals surface area (Å²) in [6.07, 6.45) is 0. The molecule has 0 bridgehead atoms. The van der Waals surface area contributed by atoms with E-state index in [-0.39, 0.29) is 17.2 Å². The average molecular weight is 400 g/mol. The van der Waals surface area contributed by atoms with Gasteiger partial charge in [0.2, 0.25) is 5.91 Å². The van der Waals surface area contributed by atoms with Crippen LogP contribution in [0.2, 0.25) is 10.0 Å². The van der Waals surface area contributed by atoms with Crippen LogP contribution in [0.5, 0.6) is 0 Å². The lowest BCUT2D eigenvalue weighted by atomic mass is 10.3. The molecule has 0 saturated heterocycles. The predicted octanol–water partition coefficient (Wildman–Crippen LogP) is 4.03. The quantitative estimate of drug-likeness (QED) is 0.531. The zero-order valence-electron chi connectivity index (χ0n) is 12.4. The first-order chi connectivity index (χ1) is 11.5. The van der Waals surface area contributed by atoms with Crippen molar-refractivity contribution in [2.75, 3.05) is 11.1 Å². The summed E-state index contributed by atoms with van der Waals surface area (Å²) in [5, 5.41) is 5.84. The molecular formula is C15H11Cl2N3O2S2. The average Bonchev–Trinajstić information content (AvgIpc) is 3.01. The zero-order chi connectivity index (χ0) is 17.3. The van der Waals surface area contributed by atoms with E-state index in [2.05, 4.69) is 10.3 Å². The van der Waals surface area contributed by atoms with E-state index in [4.69, 9.17) is 23.2 Å². The minimum absolute atomic E-state index is 0.109. The molecule has 0 atom stereocenters. The van der Waals surface area contributed by atoms with E-state index in [0.717, 1.165) is 0 Å². The SMILES string of the molecule is Cn1c(SCC(=O)Nc2ccc(Cl)c(Cl)c2)nc2ccsc2c1=O. The number of fused-ring (bicyclic) bond motifs is 1. The van der Waals surface area contributed by atoms with Crippen molar-refractivity contribution in [3.63, 3.8) is 0 Å². The van der Waals surface area contributed by atoms with Gasteiger partial charge in [-0.1, -0.05) is 35.0 Å². The van der Waals surface area contributed by atoms with Crippen LogP contribution in [0.25, 0.3) is 10.2 Å². The van der Waals surface area contributed by atoms with Gasteiger partial charge in [0.25, 0.3) is 5.56 Å². The zero-order valence-corrected chi connectivity index (χ0v) is 15.5. The minimum Gasteiger partial charge on any atom is -0.325 e. The van der Waals surface area contributed by atoms with Gasteiger partial charge in [-0.2, -0.15) is 0 Å². The van der Waals surface area contributed by atoms with Crippen LogP contribution < -0.4 is 10.9 Å². The van der Waals surface area contributed by atoms with Crippen molar-refractivity contribution in [1.82, 2.24) is 9.55 Å². The lowest BCUT2D eigenvalue weighted by molar-refractivity contribution is -0.113. The number of halogens is 2. The van der Waals surface area contributed by atoms with E-state index >= 15 is 0 Å². The summed E-state index contributed by atoms with van der Waals surface area (Å²) in [7, 11) is 1.65. The monoisotopic (exact) mass is 399 g/mol. The maximum atomic E-state index is 12.2. The Morgan fingerprint density at radius 3 is 2.88 bits per heavy atom. The third-order valence-electron chi connectivity index (χ3n) is 3.18. The highest BCUT2D eigenvalue weighted by Crippen LogP contribution is 2.25. The Labute approximate surface area is 155 Å². The number of thiophene rings is 1. The fraction of sp³-hybridized carbons (Fsp3) is 0.133.